The number of hydrogen-bond acceptors (Lipinski definition) is 7. The number of rotatable bonds is 8. The first-order valence-electron chi connectivity index (χ1n) is 10.0. The number of hydrogen-bond donors (Lipinski definition) is 0. The Morgan fingerprint density at radius 1 is 1.21 bits per heavy atom. The Kier molecular flexibility index (Phi) is 7.79. The lowest BCUT2D eigenvalue weighted by Crippen LogP contribution is -2.47. The van der Waals surface area contributed by atoms with E-state index in [0.717, 1.165) is 44.6 Å². The summed E-state index contributed by atoms with van der Waals surface area (Å²) >= 11 is 7.55. The van der Waals surface area contributed by atoms with Gasteiger partial charge in [-0.25, -0.2) is 9.97 Å². The summed E-state index contributed by atoms with van der Waals surface area (Å²) in [4.78, 5) is 25.6. The maximum Gasteiger partial charge on any atom is 0.233 e. The molecule has 3 rings (SSSR count). The minimum Gasteiger partial charge on any atom is -0.356 e. The summed E-state index contributed by atoms with van der Waals surface area (Å²) in [6.07, 6.45) is 3.52. The Labute approximate surface area is 176 Å². The van der Waals surface area contributed by atoms with Gasteiger partial charge in [-0.15, -0.1) is 0 Å². The van der Waals surface area contributed by atoms with Gasteiger partial charge in [-0.05, 0) is 12.8 Å². The number of carbonyl (C=O) groups excluding carboxylic acids is 1. The van der Waals surface area contributed by atoms with E-state index in [1.807, 2.05) is 4.90 Å². The van der Waals surface area contributed by atoms with Gasteiger partial charge in [0.1, 0.15) is 11.0 Å². The van der Waals surface area contributed by atoms with Crippen LogP contribution in [0.15, 0.2) is 11.2 Å². The number of halogens is 1. The minimum absolute atomic E-state index is 0.0851. The van der Waals surface area contributed by atoms with Gasteiger partial charge >= 0.3 is 0 Å². The number of aromatic nitrogens is 2. The molecule has 1 amide bonds. The Balaban J connectivity index is 1.55. The molecule has 2 aliphatic rings. The number of ether oxygens (including phenoxy) is 2. The van der Waals surface area contributed by atoms with Crippen molar-refractivity contribution < 1.29 is 14.3 Å². The molecule has 1 aromatic heterocycles. The highest BCUT2D eigenvalue weighted by Crippen LogP contribution is 2.31. The average molecular weight is 429 g/mol. The summed E-state index contributed by atoms with van der Waals surface area (Å²) in [5.74, 6) is 0.753. The zero-order valence-corrected chi connectivity index (χ0v) is 18.2. The van der Waals surface area contributed by atoms with Crippen LogP contribution in [0.1, 0.15) is 39.5 Å². The number of anilines is 1. The van der Waals surface area contributed by atoms with E-state index in [9.17, 15) is 4.79 Å². The Bertz CT molecular complexity index is 657. The summed E-state index contributed by atoms with van der Waals surface area (Å²) in [5.41, 5.74) is 0. The third kappa shape index (κ3) is 5.49. The van der Waals surface area contributed by atoms with E-state index in [1.54, 1.807) is 6.07 Å². The van der Waals surface area contributed by atoms with Crippen molar-refractivity contribution >= 4 is 35.1 Å². The van der Waals surface area contributed by atoms with Gasteiger partial charge < -0.3 is 19.3 Å². The first kappa shape index (κ1) is 21.6. The first-order chi connectivity index (χ1) is 13.5. The lowest BCUT2D eigenvalue weighted by atomic mass is 10.0. The van der Waals surface area contributed by atoms with Crippen molar-refractivity contribution in [1.29, 1.82) is 0 Å². The van der Waals surface area contributed by atoms with Crippen molar-refractivity contribution in [3.8, 4) is 0 Å². The molecule has 0 aromatic carbocycles. The van der Waals surface area contributed by atoms with Crippen molar-refractivity contribution in [2.24, 2.45) is 0 Å². The molecule has 0 N–H and O–H groups in total. The largest absolute Gasteiger partial charge is 0.356 e. The lowest BCUT2D eigenvalue weighted by molar-refractivity contribution is -0.186. The molecule has 7 nitrogen and oxygen atoms in total. The molecule has 9 heteroatoms. The van der Waals surface area contributed by atoms with Crippen LogP contribution < -0.4 is 4.90 Å². The van der Waals surface area contributed by atoms with E-state index in [4.69, 9.17) is 21.1 Å². The first-order valence-corrected chi connectivity index (χ1v) is 11.4. The van der Waals surface area contributed by atoms with Gasteiger partial charge in [0, 0.05) is 45.1 Å². The normalized spacial score (nSPS) is 18.6. The third-order valence-electron chi connectivity index (χ3n) is 4.99. The zero-order valence-electron chi connectivity index (χ0n) is 16.7. The summed E-state index contributed by atoms with van der Waals surface area (Å²) in [6, 6.07) is 1.80. The fraction of sp³-hybridized carbons (Fsp3) is 0.737. The molecular formula is C19H29ClN4O3S. The number of likely N-dealkylation sites (tertiary alicyclic amines) is 1. The average Bonchev–Trinajstić information content (AvgIpc) is 3.14. The van der Waals surface area contributed by atoms with Crippen LogP contribution in [-0.4, -0.2) is 71.7 Å². The molecule has 0 bridgehead atoms. The predicted molar refractivity (Wildman–Crippen MR) is 111 cm³/mol. The smallest absolute Gasteiger partial charge is 0.233 e. The lowest BCUT2D eigenvalue weighted by Gasteiger charge is -2.37. The van der Waals surface area contributed by atoms with Gasteiger partial charge in [0.05, 0.1) is 19.0 Å². The van der Waals surface area contributed by atoms with Crippen LogP contribution in [0.3, 0.4) is 0 Å². The summed E-state index contributed by atoms with van der Waals surface area (Å²) in [6.45, 7) is 8.72. The fourth-order valence-corrected chi connectivity index (χ4v) is 4.58. The van der Waals surface area contributed by atoms with Crippen LogP contribution in [0.4, 0.5) is 5.82 Å². The van der Waals surface area contributed by atoms with Crippen molar-refractivity contribution in [2.75, 3.05) is 50.0 Å². The van der Waals surface area contributed by atoms with Gasteiger partial charge in [-0.3, -0.25) is 4.79 Å². The van der Waals surface area contributed by atoms with Crippen LogP contribution in [0.25, 0.3) is 0 Å². The second kappa shape index (κ2) is 10.1. The summed E-state index contributed by atoms with van der Waals surface area (Å²) < 4.78 is 11.4. The monoisotopic (exact) mass is 428 g/mol. The molecule has 0 saturated carbocycles. The predicted octanol–water partition coefficient (Wildman–Crippen LogP) is 3.21. The van der Waals surface area contributed by atoms with Crippen LogP contribution in [0.2, 0.25) is 5.15 Å². The molecule has 0 atom stereocenters. The number of amides is 1. The maximum absolute atomic E-state index is 12.6. The second-order valence-corrected chi connectivity index (χ2v) is 8.43. The van der Waals surface area contributed by atoms with Gasteiger partial charge in [0.15, 0.2) is 10.9 Å². The highest BCUT2D eigenvalue weighted by molar-refractivity contribution is 7.99. The molecule has 1 spiro atoms. The van der Waals surface area contributed by atoms with Gasteiger partial charge in [0.25, 0.3) is 0 Å². The molecular weight excluding hydrogens is 400 g/mol. The van der Waals surface area contributed by atoms with Crippen LogP contribution >= 0.6 is 23.4 Å². The Hall–Kier alpha value is -1.09. The quantitative estimate of drug-likeness (QED) is 0.357. The van der Waals surface area contributed by atoms with Gasteiger partial charge in [-0.1, -0.05) is 37.2 Å². The number of nitrogens with zero attached hydrogens (tertiary/aromatic N) is 4. The van der Waals surface area contributed by atoms with E-state index in [1.165, 1.54) is 11.8 Å². The van der Waals surface area contributed by atoms with E-state index >= 15 is 0 Å². The molecule has 3 heterocycles. The number of thioether (sulfide) groups is 1. The minimum atomic E-state index is -0.461. The maximum atomic E-state index is 12.6. The molecule has 0 unspecified atom stereocenters. The van der Waals surface area contributed by atoms with Crippen LogP contribution in [0, 0.1) is 0 Å². The van der Waals surface area contributed by atoms with E-state index < -0.39 is 5.79 Å². The Morgan fingerprint density at radius 2 is 1.86 bits per heavy atom. The number of carbonyl (C=O) groups is 1. The third-order valence-corrected chi connectivity index (χ3v) is 6.01. The van der Waals surface area contributed by atoms with Crippen molar-refractivity contribution in [2.45, 2.75) is 50.5 Å². The Morgan fingerprint density at radius 3 is 2.46 bits per heavy atom. The van der Waals surface area contributed by atoms with Gasteiger partial charge in [0.2, 0.25) is 5.91 Å². The molecule has 28 heavy (non-hydrogen) atoms. The zero-order chi connectivity index (χ0) is 20.0. The van der Waals surface area contributed by atoms with Crippen LogP contribution in [0.5, 0.6) is 0 Å². The van der Waals surface area contributed by atoms with Gasteiger partial charge in [-0.2, -0.15) is 0 Å². The van der Waals surface area contributed by atoms with Crippen molar-refractivity contribution in [3.63, 3.8) is 0 Å². The summed E-state index contributed by atoms with van der Waals surface area (Å²) in [5, 5.41) is 0.955. The van der Waals surface area contributed by atoms with Crippen molar-refractivity contribution in [3.05, 3.63) is 11.2 Å². The molecule has 0 radical (unpaired) electrons. The van der Waals surface area contributed by atoms with Crippen molar-refractivity contribution in [1.82, 2.24) is 14.9 Å². The molecule has 0 aliphatic carbocycles. The molecule has 2 saturated heterocycles. The highest BCUT2D eigenvalue weighted by atomic mass is 35.5. The molecule has 2 fully saturated rings. The second-order valence-electron chi connectivity index (χ2n) is 7.10. The molecule has 1 aromatic rings. The topological polar surface area (TPSA) is 67.8 Å². The van der Waals surface area contributed by atoms with E-state index in [0.29, 0.717) is 42.4 Å². The SMILES string of the molecule is CCCN(CCC)c1cc(Cl)nc(SCC(=O)N2CCC3(CC2)OCCO3)n1. The fourth-order valence-electron chi connectivity index (χ4n) is 3.59. The summed E-state index contributed by atoms with van der Waals surface area (Å²) in [7, 11) is 0. The highest BCUT2D eigenvalue weighted by Gasteiger charge is 2.40. The van der Waals surface area contributed by atoms with E-state index in [2.05, 4.69) is 28.7 Å². The molecule has 156 valence electrons. The number of piperidine rings is 1. The van der Waals surface area contributed by atoms with Crippen LogP contribution in [-0.2, 0) is 14.3 Å². The molecule has 2 aliphatic heterocycles. The standard InChI is InChI=1S/C19H29ClN4O3S/c1-3-7-23(8-4-2)16-13-15(20)21-18(22-16)28-14-17(25)24-9-5-19(6-10-24)26-11-12-27-19/h13H,3-12,14H2,1-2H3. The van der Waals surface area contributed by atoms with E-state index in [-0.39, 0.29) is 5.91 Å².